The first-order chi connectivity index (χ1) is 9.92. The topological polar surface area (TPSA) is 36.9 Å². The van der Waals surface area contributed by atoms with Crippen molar-refractivity contribution in [1.82, 2.24) is 10.2 Å². The molecule has 0 spiro atoms. The summed E-state index contributed by atoms with van der Waals surface area (Å²) in [5, 5.41) is 3.48. The van der Waals surface area contributed by atoms with Crippen LogP contribution < -0.4 is 5.32 Å². The summed E-state index contributed by atoms with van der Waals surface area (Å²) >= 11 is 0. The van der Waals surface area contributed by atoms with Crippen molar-refractivity contribution in [2.45, 2.75) is 52.9 Å². The molecule has 21 heavy (non-hydrogen) atoms. The molecule has 124 valence electrons. The van der Waals surface area contributed by atoms with Crippen LogP contribution in [-0.2, 0) is 4.74 Å². The number of guanidine groups is 1. The number of hydrogen-bond acceptors (Lipinski definition) is 2. The van der Waals surface area contributed by atoms with Gasteiger partial charge in [-0.3, -0.25) is 4.99 Å². The highest BCUT2D eigenvalue weighted by molar-refractivity contribution is 5.79. The molecule has 0 aromatic carbocycles. The van der Waals surface area contributed by atoms with E-state index in [2.05, 4.69) is 43.0 Å². The van der Waals surface area contributed by atoms with Crippen LogP contribution in [0.3, 0.4) is 0 Å². The van der Waals surface area contributed by atoms with Crippen molar-refractivity contribution in [2.75, 3.05) is 40.4 Å². The van der Waals surface area contributed by atoms with Crippen molar-refractivity contribution >= 4 is 5.96 Å². The summed E-state index contributed by atoms with van der Waals surface area (Å²) in [4.78, 5) is 6.65. The average Bonchev–Trinajstić information content (AvgIpc) is 2.45. The van der Waals surface area contributed by atoms with Crippen LogP contribution in [0.15, 0.2) is 4.99 Å². The number of aliphatic imine (C=N–C) groups is 1. The van der Waals surface area contributed by atoms with Gasteiger partial charge in [-0.1, -0.05) is 20.8 Å². The van der Waals surface area contributed by atoms with Gasteiger partial charge in [0, 0.05) is 40.4 Å². The Morgan fingerprint density at radius 2 is 1.95 bits per heavy atom. The standard InChI is InChI=1S/C17H35N3O/c1-17(2,3)10-6-11-19-16(18-4)20(5)12-7-15-8-13-21-14-9-15/h15H,6-14H2,1-5H3,(H,18,19). The van der Waals surface area contributed by atoms with Gasteiger partial charge in [-0.2, -0.15) is 0 Å². The van der Waals surface area contributed by atoms with Gasteiger partial charge in [0.25, 0.3) is 0 Å². The Balaban J connectivity index is 2.21. The SMILES string of the molecule is CN=C(NCCCC(C)(C)C)N(C)CCC1CCOCC1. The minimum atomic E-state index is 0.417. The van der Waals surface area contributed by atoms with Gasteiger partial charge in [0.15, 0.2) is 5.96 Å². The normalized spacial score (nSPS) is 17.9. The predicted molar refractivity (Wildman–Crippen MR) is 90.8 cm³/mol. The maximum Gasteiger partial charge on any atom is 0.193 e. The summed E-state index contributed by atoms with van der Waals surface area (Å²) in [5.41, 5.74) is 0.417. The molecule has 0 aromatic heterocycles. The molecule has 1 N–H and O–H groups in total. The van der Waals surface area contributed by atoms with Crippen molar-refractivity contribution in [3.8, 4) is 0 Å². The Labute approximate surface area is 131 Å². The molecule has 0 atom stereocenters. The minimum absolute atomic E-state index is 0.417. The molecule has 4 heteroatoms. The molecule has 0 amide bonds. The summed E-state index contributed by atoms with van der Waals surface area (Å²) < 4.78 is 5.42. The second-order valence-corrected chi connectivity index (χ2v) is 7.40. The highest BCUT2D eigenvalue weighted by atomic mass is 16.5. The number of ether oxygens (including phenoxy) is 1. The first kappa shape index (κ1) is 18.3. The number of nitrogens with one attached hydrogen (secondary N) is 1. The van der Waals surface area contributed by atoms with Gasteiger partial charge in [-0.15, -0.1) is 0 Å². The highest BCUT2D eigenvalue weighted by Crippen LogP contribution is 2.20. The van der Waals surface area contributed by atoms with Gasteiger partial charge in [-0.25, -0.2) is 0 Å². The molecule has 0 saturated carbocycles. The van der Waals surface area contributed by atoms with Crippen LogP contribution in [0.2, 0.25) is 0 Å². The van der Waals surface area contributed by atoms with E-state index in [-0.39, 0.29) is 0 Å². The molecule has 0 radical (unpaired) electrons. The molecule has 0 bridgehead atoms. The van der Waals surface area contributed by atoms with Crippen molar-refractivity contribution in [2.24, 2.45) is 16.3 Å². The van der Waals surface area contributed by atoms with E-state index in [1.807, 2.05) is 7.05 Å². The first-order valence-corrected chi connectivity index (χ1v) is 8.42. The quantitative estimate of drug-likeness (QED) is 0.465. The summed E-state index contributed by atoms with van der Waals surface area (Å²) in [6.07, 6.45) is 6.10. The number of hydrogen-bond donors (Lipinski definition) is 1. The van der Waals surface area contributed by atoms with Gasteiger partial charge in [0.2, 0.25) is 0 Å². The Morgan fingerprint density at radius 3 is 2.52 bits per heavy atom. The summed E-state index contributed by atoms with van der Waals surface area (Å²) in [6, 6.07) is 0. The van der Waals surface area contributed by atoms with E-state index in [1.165, 1.54) is 32.1 Å². The monoisotopic (exact) mass is 297 g/mol. The van der Waals surface area contributed by atoms with Gasteiger partial charge in [0.1, 0.15) is 0 Å². The van der Waals surface area contributed by atoms with Crippen LogP contribution in [-0.4, -0.2) is 51.3 Å². The second kappa shape index (κ2) is 9.29. The molecule has 0 aliphatic carbocycles. The molecule has 1 heterocycles. The first-order valence-electron chi connectivity index (χ1n) is 8.42. The smallest absolute Gasteiger partial charge is 0.193 e. The Kier molecular flexibility index (Phi) is 8.09. The third kappa shape index (κ3) is 8.30. The zero-order valence-corrected chi connectivity index (χ0v) is 14.7. The van der Waals surface area contributed by atoms with Crippen molar-refractivity contribution < 1.29 is 4.74 Å². The molecule has 0 unspecified atom stereocenters. The third-order valence-corrected chi connectivity index (χ3v) is 4.17. The Hall–Kier alpha value is -0.770. The molecule has 1 aliphatic rings. The maximum absolute atomic E-state index is 5.42. The summed E-state index contributed by atoms with van der Waals surface area (Å²) in [5.74, 6) is 1.84. The lowest BCUT2D eigenvalue weighted by molar-refractivity contribution is 0.0625. The Bertz CT molecular complexity index is 304. The van der Waals surface area contributed by atoms with Crippen molar-refractivity contribution in [1.29, 1.82) is 0 Å². The minimum Gasteiger partial charge on any atom is -0.381 e. The number of nitrogens with zero attached hydrogens (tertiary/aromatic N) is 2. The van der Waals surface area contributed by atoms with Crippen LogP contribution in [0, 0.1) is 11.3 Å². The van der Waals surface area contributed by atoms with E-state index >= 15 is 0 Å². The molecule has 1 rings (SSSR count). The molecule has 1 saturated heterocycles. The van der Waals surface area contributed by atoms with Crippen LogP contribution in [0.25, 0.3) is 0 Å². The molecule has 4 nitrogen and oxygen atoms in total. The lowest BCUT2D eigenvalue weighted by Crippen LogP contribution is -2.40. The second-order valence-electron chi connectivity index (χ2n) is 7.40. The average molecular weight is 297 g/mol. The maximum atomic E-state index is 5.42. The van der Waals surface area contributed by atoms with Crippen LogP contribution in [0.5, 0.6) is 0 Å². The van der Waals surface area contributed by atoms with Gasteiger partial charge in [-0.05, 0) is 43.4 Å². The molecule has 1 fully saturated rings. The molecule has 1 aliphatic heterocycles. The van der Waals surface area contributed by atoms with Gasteiger partial charge < -0.3 is 15.0 Å². The zero-order valence-electron chi connectivity index (χ0n) is 14.7. The molecular weight excluding hydrogens is 262 g/mol. The lowest BCUT2D eigenvalue weighted by atomic mass is 9.91. The third-order valence-electron chi connectivity index (χ3n) is 4.17. The van der Waals surface area contributed by atoms with Crippen LogP contribution in [0.1, 0.15) is 52.9 Å². The van der Waals surface area contributed by atoms with E-state index in [4.69, 9.17) is 4.74 Å². The predicted octanol–water partition coefficient (Wildman–Crippen LogP) is 3.14. The molecule has 0 aromatic rings. The van der Waals surface area contributed by atoms with Gasteiger partial charge in [0.05, 0.1) is 0 Å². The van der Waals surface area contributed by atoms with E-state index in [9.17, 15) is 0 Å². The molecular formula is C17H35N3O. The fraction of sp³-hybridized carbons (Fsp3) is 0.941. The fourth-order valence-electron chi connectivity index (χ4n) is 2.72. The fourth-order valence-corrected chi connectivity index (χ4v) is 2.72. The van der Waals surface area contributed by atoms with Crippen molar-refractivity contribution in [3.63, 3.8) is 0 Å². The zero-order chi connectivity index (χ0) is 15.7. The van der Waals surface area contributed by atoms with E-state index in [1.54, 1.807) is 0 Å². The summed E-state index contributed by atoms with van der Waals surface area (Å²) in [6.45, 7) is 10.8. The summed E-state index contributed by atoms with van der Waals surface area (Å²) in [7, 11) is 4.01. The van der Waals surface area contributed by atoms with Crippen LogP contribution >= 0.6 is 0 Å². The van der Waals surface area contributed by atoms with E-state index < -0.39 is 0 Å². The lowest BCUT2D eigenvalue weighted by Gasteiger charge is -2.27. The largest absolute Gasteiger partial charge is 0.381 e. The van der Waals surface area contributed by atoms with Crippen molar-refractivity contribution in [3.05, 3.63) is 0 Å². The Morgan fingerprint density at radius 1 is 1.29 bits per heavy atom. The van der Waals surface area contributed by atoms with Gasteiger partial charge >= 0.3 is 0 Å². The van der Waals surface area contributed by atoms with Crippen LogP contribution in [0.4, 0.5) is 0 Å². The van der Waals surface area contributed by atoms with E-state index in [0.29, 0.717) is 5.41 Å². The number of rotatable bonds is 6. The van der Waals surface area contributed by atoms with E-state index in [0.717, 1.165) is 38.2 Å². The highest BCUT2D eigenvalue weighted by Gasteiger charge is 2.15.